The largest absolute Gasteiger partial charge is 0.454 e. The fraction of sp³-hybridized carbons (Fsp3) is 0.583. The summed E-state index contributed by atoms with van der Waals surface area (Å²) in [5, 5.41) is -0.307. The molecule has 1 fully saturated rings. The molecule has 0 radical (unpaired) electrons. The van der Waals surface area contributed by atoms with Crippen LogP contribution in [0, 0.1) is 0 Å². The standard InChI is InChI=1S/C12H16ClNO4S/c1-8(13)10-3-4-11(18-10)12(15)14(2)9-5-6-19(16,17)7-9/h3-4,8-9H,5-7H2,1-2H3. The smallest absolute Gasteiger partial charge is 0.289 e. The van der Waals surface area contributed by atoms with Gasteiger partial charge in [-0.2, -0.15) is 0 Å². The highest BCUT2D eigenvalue weighted by Gasteiger charge is 2.33. The zero-order chi connectivity index (χ0) is 14.2. The van der Waals surface area contributed by atoms with Crippen LogP contribution in [0.25, 0.3) is 0 Å². The Hall–Kier alpha value is -1.01. The third-order valence-corrected chi connectivity index (χ3v) is 5.27. The Bertz CT molecular complexity index is 578. The van der Waals surface area contributed by atoms with E-state index < -0.39 is 9.84 Å². The van der Waals surface area contributed by atoms with Crippen LogP contribution in [-0.4, -0.2) is 43.8 Å². The van der Waals surface area contributed by atoms with Gasteiger partial charge in [0.2, 0.25) is 0 Å². The molecule has 0 aliphatic carbocycles. The average molecular weight is 306 g/mol. The summed E-state index contributed by atoms with van der Waals surface area (Å²) >= 11 is 5.87. The summed E-state index contributed by atoms with van der Waals surface area (Å²) in [6, 6.07) is 2.94. The summed E-state index contributed by atoms with van der Waals surface area (Å²) < 4.78 is 28.2. The summed E-state index contributed by atoms with van der Waals surface area (Å²) in [6.07, 6.45) is 0.476. The predicted octanol–water partition coefficient (Wildman–Crippen LogP) is 1.84. The van der Waals surface area contributed by atoms with E-state index in [1.165, 1.54) is 4.90 Å². The third kappa shape index (κ3) is 3.12. The highest BCUT2D eigenvalue weighted by Crippen LogP contribution is 2.24. The van der Waals surface area contributed by atoms with E-state index in [1.54, 1.807) is 26.1 Å². The van der Waals surface area contributed by atoms with E-state index in [-0.39, 0.29) is 34.6 Å². The Morgan fingerprint density at radius 2 is 2.21 bits per heavy atom. The molecule has 1 saturated heterocycles. The van der Waals surface area contributed by atoms with Crippen molar-refractivity contribution in [3.63, 3.8) is 0 Å². The fourth-order valence-electron chi connectivity index (χ4n) is 2.10. The molecule has 2 rings (SSSR count). The van der Waals surface area contributed by atoms with Gasteiger partial charge in [0.05, 0.1) is 16.9 Å². The quantitative estimate of drug-likeness (QED) is 0.799. The molecular weight excluding hydrogens is 290 g/mol. The van der Waals surface area contributed by atoms with Gasteiger partial charge in [0.15, 0.2) is 15.6 Å². The van der Waals surface area contributed by atoms with Crippen LogP contribution in [0.15, 0.2) is 16.5 Å². The normalized spacial score (nSPS) is 23.2. The first-order chi connectivity index (χ1) is 8.80. The lowest BCUT2D eigenvalue weighted by molar-refractivity contribution is 0.0713. The molecule has 0 bridgehead atoms. The number of amides is 1. The van der Waals surface area contributed by atoms with Crippen LogP contribution in [0.2, 0.25) is 0 Å². The van der Waals surface area contributed by atoms with Crippen molar-refractivity contribution in [2.45, 2.75) is 24.8 Å². The van der Waals surface area contributed by atoms with Crippen molar-refractivity contribution in [3.8, 4) is 0 Å². The first-order valence-electron chi connectivity index (χ1n) is 6.01. The molecule has 1 aliphatic rings. The number of carbonyl (C=O) groups is 1. The lowest BCUT2D eigenvalue weighted by atomic mass is 10.2. The number of alkyl halides is 1. The molecule has 2 atom stereocenters. The molecule has 2 unspecified atom stereocenters. The van der Waals surface area contributed by atoms with Gasteiger partial charge in [-0.1, -0.05) is 0 Å². The van der Waals surface area contributed by atoms with Crippen LogP contribution >= 0.6 is 11.6 Å². The highest BCUT2D eigenvalue weighted by atomic mass is 35.5. The SMILES string of the molecule is CC(Cl)c1ccc(C(=O)N(C)C2CCS(=O)(=O)C2)o1. The monoisotopic (exact) mass is 305 g/mol. The summed E-state index contributed by atoms with van der Waals surface area (Å²) in [5.74, 6) is 0.559. The van der Waals surface area contributed by atoms with Crippen LogP contribution in [0.1, 0.15) is 35.0 Å². The van der Waals surface area contributed by atoms with Crippen molar-refractivity contribution in [2.75, 3.05) is 18.6 Å². The van der Waals surface area contributed by atoms with Gasteiger partial charge in [0.25, 0.3) is 5.91 Å². The van der Waals surface area contributed by atoms with E-state index in [0.29, 0.717) is 12.2 Å². The molecule has 106 valence electrons. The second kappa shape index (κ2) is 5.17. The summed E-state index contributed by atoms with van der Waals surface area (Å²) in [5.41, 5.74) is 0. The first-order valence-corrected chi connectivity index (χ1v) is 8.27. The van der Waals surface area contributed by atoms with E-state index >= 15 is 0 Å². The summed E-state index contributed by atoms with van der Waals surface area (Å²) in [6.45, 7) is 1.75. The molecule has 5 nitrogen and oxygen atoms in total. The second-order valence-electron chi connectivity index (χ2n) is 4.79. The third-order valence-electron chi connectivity index (χ3n) is 3.31. The van der Waals surface area contributed by atoms with E-state index in [1.807, 2.05) is 0 Å². The van der Waals surface area contributed by atoms with Crippen molar-refractivity contribution in [3.05, 3.63) is 23.7 Å². The highest BCUT2D eigenvalue weighted by molar-refractivity contribution is 7.91. The molecule has 1 aromatic rings. The summed E-state index contributed by atoms with van der Waals surface area (Å²) in [7, 11) is -1.41. The van der Waals surface area contributed by atoms with Crippen molar-refractivity contribution in [1.82, 2.24) is 4.90 Å². The molecule has 2 heterocycles. The Kier molecular flexibility index (Phi) is 3.92. The second-order valence-corrected chi connectivity index (χ2v) is 7.67. The maximum absolute atomic E-state index is 12.2. The van der Waals surface area contributed by atoms with Gasteiger partial charge < -0.3 is 9.32 Å². The van der Waals surface area contributed by atoms with Crippen LogP contribution in [0.3, 0.4) is 0 Å². The number of sulfone groups is 1. The number of carbonyl (C=O) groups excluding carboxylic acids is 1. The van der Waals surface area contributed by atoms with Crippen molar-refractivity contribution in [2.24, 2.45) is 0 Å². The zero-order valence-corrected chi connectivity index (χ0v) is 12.4. The molecular formula is C12H16ClNO4S. The minimum atomic E-state index is -3.01. The van der Waals surface area contributed by atoms with Gasteiger partial charge in [-0.25, -0.2) is 8.42 Å². The van der Waals surface area contributed by atoms with Crippen LogP contribution in [0.5, 0.6) is 0 Å². The number of furan rings is 1. The number of rotatable bonds is 3. The molecule has 7 heteroatoms. The zero-order valence-electron chi connectivity index (χ0n) is 10.8. The van der Waals surface area contributed by atoms with Crippen LogP contribution < -0.4 is 0 Å². The van der Waals surface area contributed by atoms with Gasteiger partial charge in [-0.15, -0.1) is 11.6 Å². The molecule has 0 saturated carbocycles. The molecule has 19 heavy (non-hydrogen) atoms. The molecule has 1 aliphatic heterocycles. The van der Waals surface area contributed by atoms with Gasteiger partial charge in [0.1, 0.15) is 5.76 Å². The molecule has 0 N–H and O–H groups in total. The number of halogens is 1. The minimum absolute atomic E-state index is 0.0225. The van der Waals surface area contributed by atoms with Gasteiger partial charge in [0, 0.05) is 13.1 Å². The van der Waals surface area contributed by atoms with Crippen LogP contribution in [-0.2, 0) is 9.84 Å². The maximum atomic E-state index is 12.2. The Labute approximate surface area is 117 Å². The number of hydrogen-bond acceptors (Lipinski definition) is 4. The lowest BCUT2D eigenvalue weighted by Crippen LogP contribution is -2.37. The molecule has 0 spiro atoms. The van der Waals surface area contributed by atoms with Gasteiger partial charge in [-0.05, 0) is 25.5 Å². The molecule has 0 aromatic carbocycles. The average Bonchev–Trinajstić information content (AvgIpc) is 2.93. The van der Waals surface area contributed by atoms with E-state index in [9.17, 15) is 13.2 Å². The van der Waals surface area contributed by atoms with Crippen molar-refractivity contribution in [1.29, 1.82) is 0 Å². The van der Waals surface area contributed by atoms with Gasteiger partial charge in [-0.3, -0.25) is 4.79 Å². The van der Waals surface area contributed by atoms with Crippen LogP contribution in [0.4, 0.5) is 0 Å². The maximum Gasteiger partial charge on any atom is 0.289 e. The van der Waals surface area contributed by atoms with Crippen molar-refractivity contribution < 1.29 is 17.6 Å². The fourth-order valence-corrected chi connectivity index (χ4v) is 3.99. The predicted molar refractivity (Wildman–Crippen MR) is 72.1 cm³/mol. The lowest BCUT2D eigenvalue weighted by Gasteiger charge is -2.22. The molecule has 1 aromatic heterocycles. The Morgan fingerprint density at radius 1 is 1.53 bits per heavy atom. The summed E-state index contributed by atoms with van der Waals surface area (Å²) in [4.78, 5) is 13.6. The van der Waals surface area contributed by atoms with Crippen molar-refractivity contribution >= 4 is 27.3 Å². The first kappa shape index (κ1) is 14.4. The topological polar surface area (TPSA) is 67.6 Å². The van der Waals surface area contributed by atoms with E-state index in [2.05, 4.69) is 0 Å². The minimum Gasteiger partial charge on any atom is -0.454 e. The Morgan fingerprint density at radius 3 is 2.68 bits per heavy atom. The van der Waals surface area contributed by atoms with Gasteiger partial charge >= 0.3 is 0 Å². The van der Waals surface area contributed by atoms with E-state index in [0.717, 1.165) is 0 Å². The van der Waals surface area contributed by atoms with E-state index in [4.69, 9.17) is 16.0 Å². The number of hydrogen-bond donors (Lipinski definition) is 0. The number of nitrogens with zero attached hydrogens (tertiary/aromatic N) is 1. The Balaban J connectivity index is 2.10. The molecule has 1 amide bonds.